The van der Waals surface area contributed by atoms with E-state index in [2.05, 4.69) is 34.9 Å². The summed E-state index contributed by atoms with van der Waals surface area (Å²) < 4.78 is 1.42. The highest BCUT2D eigenvalue weighted by Crippen LogP contribution is 2.30. The minimum Gasteiger partial charge on any atom is -0.289 e. The zero-order chi connectivity index (χ0) is 17.9. The second-order valence-electron chi connectivity index (χ2n) is 5.92. The van der Waals surface area contributed by atoms with Gasteiger partial charge in [-0.1, -0.05) is 67.2 Å². The Kier molecular flexibility index (Phi) is 4.07. The smallest absolute Gasteiger partial charge is 0.273 e. The Balaban J connectivity index is 1.78. The molecule has 4 heteroatoms. The van der Waals surface area contributed by atoms with E-state index in [0.29, 0.717) is 11.5 Å². The average molecular weight is 339 g/mol. The topological polar surface area (TPSA) is 50.7 Å². The van der Waals surface area contributed by atoms with Crippen molar-refractivity contribution in [1.82, 2.24) is 14.8 Å². The molecule has 2 aromatic heterocycles. The largest absolute Gasteiger partial charge is 0.289 e. The summed E-state index contributed by atoms with van der Waals surface area (Å²) in [5, 5.41) is 3.12. The van der Waals surface area contributed by atoms with E-state index in [4.69, 9.17) is 0 Å². The third-order valence-electron chi connectivity index (χ3n) is 4.26. The van der Waals surface area contributed by atoms with Gasteiger partial charge in [0.2, 0.25) is 0 Å². The van der Waals surface area contributed by atoms with E-state index in [0.717, 1.165) is 22.3 Å². The molecule has 1 N–H and O–H groups in total. The number of nitrogens with zero attached hydrogens (tertiary/aromatic N) is 2. The van der Waals surface area contributed by atoms with Crippen LogP contribution in [-0.4, -0.2) is 14.8 Å². The van der Waals surface area contributed by atoms with Crippen LogP contribution in [0.4, 0.5) is 0 Å². The Hall–Kier alpha value is -3.66. The van der Waals surface area contributed by atoms with Crippen molar-refractivity contribution in [3.63, 3.8) is 0 Å². The molecule has 4 aromatic rings. The molecule has 0 fully saturated rings. The van der Waals surface area contributed by atoms with Crippen LogP contribution < -0.4 is 5.56 Å². The number of nitrogens with one attached hydrogen (secondary N) is 1. The zero-order valence-corrected chi connectivity index (χ0v) is 14.1. The molecular formula is C22H17N3O. The van der Waals surface area contributed by atoms with E-state index in [1.807, 2.05) is 48.5 Å². The van der Waals surface area contributed by atoms with Crippen LogP contribution >= 0.6 is 0 Å². The second kappa shape index (κ2) is 6.69. The molecule has 0 radical (unpaired) electrons. The van der Waals surface area contributed by atoms with Crippen LogP contribution in [0.25, 0.3) is 22.5 Å². The number of hydrogen-bond acceptors (Lipinski definition) is 2. The molecule has 0 bridgehead atoms. The monoisotopic (exact) mass is 339 g/mol. The molecule has 126 valence electrons. The fourth-order valence-electron chi connectivity index (χ4n) is 2.97. The normalized spacial score (nSPS) is 10.6. The number of H-pyrrole nitrogens is 1. The van der Waals surface area contributed by atoms with Gasteiger partial charge in [-0.25, -0.2) is 9.67 Å². The van der Waals surface area contributed by atoms with Crippen LogP contribution in [0.1, 0.15) is 11.3 Å². The summed E-state index contributed by atoms with van der Waals surface area (Å²) in [6, 6.07) is 25.2. The van der Waals surface area contributed by atoms with Crippen molar-refractivity contribution in [2.24, 2.45) is 0 Å². The van der Waals surface area contributed by atoms with Crippen molar-refractivity contribution in [1.29, 1.82) is 0 Å². The fourth-order valence-corrected chi connectivity index (χ4v) is 2.97. The summed E-state index contributed by atoms with van der Waals surface area (Å²) in [7, 11) is 0. The number of hydrogen-bond donors (Lipinski definition) is 1. The number of pyridine rings is 1. The molecule has 0 unspecified atom stereocenters. The summed E-state index contributed by atoms with van der Waals surface area (Å²) in [4.78, 5) is 16.6. The van der Waals surface area contributed by atoms with Crippen molar-refractivity contribution in [3.8, 4) is 16.9 Å². The highest BCUT2D eigenvalue weighted by molar-refractivity contribution is 5.86. The SMILES string of the molecule is C=C(c1cc(=O)n(-c2ccccn2)[nH]1)c1ccccc1-c1ccccc1. The summed E-state index contributed by atoms with van der Waals surface area (Å²) in [5.41, 5.74) is 4.42. The molecule has 0 aliphatic rings. The molecule has 0 amide bonds. The maximum atomic E-state index is 12.4. The van der Waals surface area contributed by atoms with Crippen molar-refractivity contribution < 1.29 is 0 Å². The van der Waals surface area contributed by atoms with Crippen molar-refractivity contribution in [2.75, 3.05) is 0 Å². The molecule has 0 saturated heterocycles. The third-order valence-corrected chi connectivity index (χ3v) is 4.26. The first kappa shape index (κ1) is 15.8. The summed E-state index contributed by atoms with van der Waals surface area (Å²) in [6.07, 6.45) is 1.65. The Morgan fingerprint density at radius 2 is 1.65 bits per heavy atom. The molecule has 2 heterocycles. The van der Waals surface area contributed by atoms with Gasteiger partial charge >= 0.3 is 0 Å². The molecule has 0 aliphatic carbocycles. The fraction of sp³-hybridized carbons (Fsp3) is 0. The third kappa shape index (κ3) is 2.89. The van der Waals surface area contributed by atoms with Gasteiger partial charge in [-0.15, -0.1) is 0 Å². The molecule has 2 aromatic carbocycles. The Labute approximate surface area is 151 Å². The molecule has 0 atom stereocenters. The van der Waals surface area contributed by atoms with Crippen LogP contribution in [0.15, 0.2) is 96.4 Å². The lowest BCUT2D eigenvalue weighted by Gasteiger charge is -2.11. The van der Waals surface area contributed by atoms with Gasteiger partial charge < -0.3 is 0 Å². The maximum absolute atomic E-state index is 12.4. The first-order chi connectivity index (χ1) is 12.7. The van der Waals surface area contributed by atoms with Gasteiger partial charge in [0.1, 0.15) is 0 Å². The van der Waals surface area contributed by atoms with Gasteiger partial charge in [0.25, 0.3) is 5.56 Å². The predicted octanol–water partition coefficient (Wildman–Crippen LogP) is 4.29. The van der Waals surface area contributed by atoms with Gasteiger partial charge in [0.15, 0.2) is 5.82 Å². The number of rotatable bonds is 4. The number of benzene rings is 2. The highest BCUT2D eigenvalue weighted by atomic mass is 16.1. The highest BCUT2D eigenvalue weighted by Gasteiger charge is 2.13. The van der Waals surface area contributed by atoms with Gasteiger partial charge in [-0.3, -0.25) is 9.89 Å². The number of aromatic amines is 1. The Bertz CT molecular complexity index is 1110. The maximum Gasteiger partial charge on any atom is 0.273 e. The summed E-state index contributed by atoms with van der Waals surface area (Å²) in [6.45, 7) is 4.23. The van der Waals surface area contributed by atoms with Crippen molar-refractivity contribution >= 4 is 5.57 Å². The van der Waals surface area contributed by atoms with Gasteiger partial charge in [-0.2, -0.15) is 0 Å². The lowest BCUT2D eigenvalue weighted by atomic mass is 9.94. The first-order valence-electron chi connectivity index (χ1n) is 8.31. The van der Waals surface area contributed by atoms with E-state index in [9.17, 15) is 4.79 Å². The number of aromatic nitrogens is 3. The minimum absolute atomic E-state index is 0.169. The van der Waals surface area contributed by atoms with E-state index < -0.39 is 0 Å². The van der Waals surface area contributed by atoms with Crippen molar-refractivity contribution in [2.45, 2.75) is 0 Å². The van der Waals surface area contributed by atoms with Crippen LogP contribution in [-0.2, 0) is 0 Å². The Morgan fingerprint density at radius 1 is 0.923 bits per heavy atom. The molecule has 4 rings (SSSR count). The van der Waals surface area contributed by atoms with Gasteiger partial charge in [0, 0.05) is 17.8 Å². The lowest BCUT2D eigenvalue weighted by molar-refractivity contribution is 0.814. The second-order valence-corrected chi connectivity index (χ2v) is 5.92. The van der Waals surface area contributed by atoms with Gasteiger partial charge in [-0.05, 0) is 28.8 Å². The van der Waals surface area contributed by atoms with Gasteiger partial charge in [0.05, 0.1) is 5.69 Å². The zero-order valence-electron chi connectivity index (χ0n) is 14.1. The lowest BCUT2D eigenvalue weighted by Crippen LogP contribution is -2.14. The van der Waals surface area contributed by atoms with E-state index in [-0.39, 0.29) is 5.56 Å². The quantitative estimate of drug-likeness (QED) is 0.603. The molecule has 4 nitrogen and oxygen atoms in total. The molecule has 0 aliphatic heterocycles. The summed E-state index contributed by atoms with van der Waals surface area (Å²) in [5.74, 6) is 0.549. The molecule has 26 heavy (non-hydrogen) atoms. The molecular weight excluding hydrogens is 322 g/mol. The standard InChI is InChI=1S/C22H17N3O/c1-16(18-11-5-6-12-19(18)17-9-3-2-4-10-17)20-15-22(26)25(24-20)21-13-7-8-14-23-21/h2-15,24H,1H2. The minimum atomic E-state index is -0.169. The van der Waals surface area contributed by atoms with Crippen LogP contribution in [0.2, 0.25) is 0 Å². The van der Waals surface area contributed by atoms with E-state index in [1.54, 1.807) is 18.3 Å². The Morgan fingerprint density at radius 3 is 2.42 bits per heavy atom. The van der Waals surface area contributed by atoms with Crippen LogP contribution in [0.3, 0.4) is 0 Å². The predicted molar refractivity (Wildman–Crippen MR) is 104 cm³/mol. The molecule has 0 saturated carbocycles. The van der Waals surface area contributed by atoms with E-state index >= 15 is 0 Å². The first-order valence-corrected chi connectivity index (χ1v) is 8.31. The average Bonchev–Trinajstić information content (AvgIpc) is 3.10. The molecule has 0 spiro atoms. The van der Waals surface area contributed by atoms with Crippen molar-refractivity contribution in [3.05, 3.63) is 113 Å². The summed E-state index contributed by atoms with van der Waals surface area (Å²) >= 11 is 0. The van der Waals surface area contributed by atoms with E-state index in [1.165, 1.54) is 4.68 Å². The van der Waals surface area contributed by atoms with Crippen LogP contribution in [0, 0.1) is 0 Å². The van der Waals surface area contributed by atoms with Crippen LogP contribution in [0.5, 0.6) is 0 Å².